The zero-order valence-corrected chi connectivity index (χ0v) is 17.3. The smallest absolute Gasteiger partial charge is 0.387 e. The van der Waals surface area contributed by atoms with Gasteiger partial charge in [0.05, 0.1) is 18.3 Å². The van der Waals surface area contributed by atoms with Crippen LogP contribution < -0.4 is 10.1 Å². The lowest BCUT2D eigenvalue weighted by atomic mass is 10.0. The van der Waals surface area contributed by atoms with Crippen LogP contribution in [0.25, 0.3) is 0 Å². The molecule has 160 valence electrons. The molecular formula is C20H28F2N4O3. The van der Waals surface area contributed by atoms with Gasteiger partial charge in [-0.1, -0.05) is 32.9 Å². The lowest BCUT2D eigenvalue weighted by Crippen LogP contribution is -2.18. The monoisotopic (exact) mass is 410 g/mol. The summed E-state index contributed by atoms with van der Waals surface area (Å²) in [7, 11) is 0. The van der Waals surface area contributed by atoms with Gasteiger partial charge >= 0.3 is 6.61 Å². The standard InChI is InChI=1S/C18H22F2N4O3.C2H6/c1-4-16(13-5-7-14(8-6-13)27-18(19)20)24-17(22-12(3)21-10-26)11(2)15(9-25)23-24;1-2/h5-8,10,16,18,25H,4,9H2,1-3H3,(H,21,22,26);1-2H3. The fourth-order valence-corrected chi connectivity index (χ4v) is 2.75. The van der Waals surface area contributed by atoms with Gasteiger partial charge in [-0.3, -0.25) is 4.79 Å². The zero-order chi connectivity index (χ0) is 22.0. The second kappa shape index (κ2) is 11.9. The number of aliphatic hydroxyl groups excluding tert-OH is 1. The SMILES string of the molecule is CC.CCC(c1ccc(OC(F)F)cc1)n1nc(CO)c(C)c1/N=C(/C)NC=O. The number of ether oxygens (including phenoxy) is 1. The Kier molecular flexibility index (Phi) is 9.94. The molecule has 2 rings (SSSR count). The molecule has 9 heteroatoms. The predicted octanol–water partition coefficient (Wildman–Crippen LogP) is 4.11. The van der Waals surface area contributed by atoms with Crippen LogP contribution in [0.4, 0.5) is 14.6 Å². The predicted molar refractivity (Wildman–Crippen MR) is 108 cm³/mol. The topological polar surface area (TPSA) is 88.7 Å². The minimum atomic E-state index is -2.88. The number of aliphatic hydroxyl groups is 1. The first-order valence-corrected chi connectivity index (χ1v) is 9.40. The van der Waals surface area contributed by atoms with Crippen LogP contribution in [0.15, 0.2) is 29.3 Å². The van der Waals surface area contributed by atoms with Gasteiger partial charge in [-0.2, -0.15) is 13.9 Å². The van der Waals surface area contributed by atoms with E-state index in [1.165, 1.54) is 12.1 Å². The summed E-state index contributed by atoms with van der Waals surface area (Å²) in [5, 5.41) is 16.5. The quantitative estimate of drug-likeness (QED) is 0.389. The van der Waals surface area contributed by atoms with E-state index < -0.39 is 6.61 Å². The first-order chi connectivity index (χ1) is 13.9. The van der Waals surface area contributed by atoms with Gasteiger partial charge in [0, 0.05) is 5.56 Å². The van der Waals surface area contributed by atoms with Gasteiger partial charge in [-0.15, -0.1) is 0 Å². The highest BCUT2D eigenvalue weighted by Gasteiger charge is 2.21. The summed E-state index contributed by atoms with van der Waals surface area (Å²) in [6.45, 7) is 6.25. The average molecular weight is 410 g/mol. The van der Waals surface area contributed by atoms with Crippen molar-refractivity contribution in [3.05, 3.63) is 41.1 Å². The molecule has 7 nitrogen and oxygen atoms in total. The highest BCUT2D eigenvalue weighted by Crippen LogP contribution is 2.32. The van der Waals surface area contributed by atoms with E-state index in [0.29, 0.717) is 35.7 Å². The number of hydrogen-bond acceptors (Lipinski definition) is 5. The van der Waals surface area contributed by atoms with Crippen molar-refractivity contribution in [2.75, 3.05) is 0 Å². The highest BCUT2D eigenvalue weighted by molar-refractivity contribution is 5.90. The molecule has 1 aromatic heterocycles. The van der Waals surface area contributed by atoms with E-state index in [0.717, 1.165) is 5.56 Å². The molecule has 1 heterocycles. The lowest BCUT2D eigenvalue weighted by Gasteiger charge is -2.18. The lowest BCUT2D eigenvalue weighted by molar-refractivity contribution is -0.108. The van der Waals surface area contributed by atoms with Crippen LogP contribution in [0.5, 0.6) is 5.75 Å². The Morgan fingerprint density at radius 3 is 2.45 bits per heavy atom. The van der Waals surface area contributed by atoms with Crippen LogP contribution in [0.2, 0.25) is 0 Å². The van der Waals surface area contributed by atoms with Gasteiger partial charge in [0.1, 0.15) is 11.6 Å². The summed E-state index contributed by atoms with van der Waals surface area (Å²) in [6, 6.07) is 6.06. The van der Waals surface area contributed by atoms with Crippen LogP contribution >= 0.6 is 0 Å². The zero-order valence-electron chi connectivity index (χ0n) is 17.3. The van der Waals surface area contributed by atoms with E-state index in [9.17, 15) is 18.7 Å². The van der Waals surface area contributed by atoms with Crippen LogP contribution in [-0.4, -0.2) is 33.7 Å². The number of amidine groups is 1. The van der Waals surface area contributed by atoms with E-state index in [1.807, 2.05) is 20.8 Å². The second-order valence-electron chi connectivity index (χ2n) is 5.83. The Morgan fingerprint density at radius 1 is 1.34 bits per heavy atom. The van der Waals surface area contributed by atoms with E-state index in [4.69, 9.17) is 0 Å². The maximum atomic E-state index is 12.3. The normalized spacial score (nSPS) is 12.2. The Bertz CT molecular complexity index is 805. The summed E-state index contributed by atoms with van der Waals surface area (Å²) < 4.78 is 30.7. The highest BCUT2D eigenvalue weighted by atomic mass is 19.3. The largest absolute Gasteiger partial charge is 0.435 e. The number of benzene rings is 1. The fraction of sp³-hybridized carbons (Fsp3) is 0.450. The number of amides is 1. The Morgan fingerprint density at radius 2 is 1.97 bits per heavy atom. The Balaban J connectivity index is 0.00000204. The summed E-state index contributed by atoms with van der Waals surface area (Å²) >= 11 is 0. The van der Waals surface area contributed by atoms with Crippen molar-refractivity contribution in [1.82, 2.24) is 15.1 Å². The minimum absolute atomic E-state index is 0.0700. The first kappa shape index (κ1) is 24.2. The number of rotatable bonds is 8. The number of carbonyl (C=O) groups is 1. The van der Waals surface area contributed by atoms with Crippen molar-refractivity contribution in [3.63, 3.8) is 0 Å². The van der Waals surface area contributed by atoms with Gasteiger partial charge in [0.2, 0.25) is 6.41 Å². The number of carbonyl (C=O) groups excluding carboxylic acids is 1. The number of alkyl halides is 2. The number of nitrogens with one attached hydrogen (secondary N) is 1. The molecule has 1 atom stereocenters. The summed E-state index contributed by atoms with van der Waals surface area (Å²) in [5.74, 6) is 0.959. The molecule has 1 unspecified atom stereocenters. The fourth-order valence-electron chi connectivity index (χ4n) is 2.75. The number of hydrogen-bond donors (Lipinski definition) is 2. The van der Waals surface area contributed by atoms with E-state index in [-0.39, 0.29) is 18.4 Å². The third-order valence-electron chi connectivity index (χ3n) is 4.08. The first-order valence-electron chi connectivity index (χ1n) is 9.40. The second-order valence-corrected chi connectivity index (χ2v) is 5.83. The van der Waals surface area contributed by atoms with Gasteiger partial charge < -0.3 is 15.2 Å². The molecule has 1 aromatic carbocycles. The molecule has 0 bridgehead atoms. The minimum Gasteiger partial charge on any atom is -0.435 e. The van der Waals surface area contributed by atoms with Gasteiger partial charge in [-0.05, 0) is 38.0 Å². The third kappa shape index (κ3) is 6.35. The van der Waals surface area contributed by atoms with Crippen molar-refractivity contribution in [2.24, 2.45) is 4.99 Å². The van der Waals surface area contributed by atoms with Gasteiger partial charge in [0.15, 0.2) is 5.82 Å². The molecule has 0 fully saturated rings. The average Bonchev–Trinajstić information content (AvgIpc) is 3.01. The molecule has 0 spiro atoms. The molecule has 0 saturated heterocycles. The van der Waals surface area contributed by atoms with Crippen LogP contribution in [-0.2, 0) is 11.4 Å². The molecule has 0 aliphatic heterocycles. The van der Waals surface area contributed by atoms with Crippen molar-refractivity contribution in [1.29, 1.82) is 0 Å². The van der Waals surface area contributed by atoms with Crippen LogP contribution in [0.1, 0.15) is 57.0 Å². The van der Waals surface area contributed by atoms with Crippen molar-refractivity contribution >= 4 is 18.1 Å². The Hall–Kier alpha value is -2.81. The number of nitrogens with zero attached hydrogens (tertiary/aromatic N) is 3. The summed E-state index contributed by atoms with van der Waals surface area (Å²) in [4.78, 5) is 15.0. The molecule has 29 heavy (non-hydrogen) atoms. The Labute approximate surface area is 169 Å². The number of aromatic nitrogens is 2. The maximum absolute atomic E-state index is 12.3. The molecule has 0 aliphatic carbocycles. The van der Waals surface area contributed by atoms with E-state index >= 15 is 0 Å². The molecule has 0 radical (unpaired) electrons. The van der Waals surface area contributed by atoms with Crippen LogP contribution in [0, 0.1) is 6.92 Å². The van der Waals surface area contributed by atoms with Crippen molar-refractivity contribution in [2.45, 2.75) is 60.3 Å². The van der Waals surface area contributed by atoms with Gasteiger partial charge in [0.25, 0.3) is 0 Å². The van der Waals surface area contributed by atoms with Crippen molar-refractivity contribution < 1.29 is 23.4 Å². The van der Waals surface area contributed by atoms with E-state index in [2.05, 4.69) is 20.1 Å². The summed E-state index contributed by atoms with van der Waals surface area (Å²) in [5.41, 5.74) is 1.99. The van der Waals surface area contributed by atoms with Crippen molar-refractivity contribution in [3.8, 4) is 5.75 Å². The maximum Gasteiger partial charge on any atom is 0.387 e. The molecule has 2 N–H and O–H groups in total. The molecular weight excluding hydrogens is 382 g/mol. The molecule has 1 amide bonds. The summed E-state index contributed by atoms with van der Waals surface area (Å²) in [6.07, 6.45) is 1.17. The molecule has 0 aliphatic rings. The third-order valence-corrected chi connectivity index (χ3v) is 4.08. The molecule has 2 aromatic rings. The van der Waals surface area contributed by atoms with Crippen LogP contribution in [0.3, 0.4) is 0 Å². The number of aliphatic imine (C=N–C) groups is 1. The number of halogens is 2. The van der Waals surface area contributed by atoms with E-state index in [1.54, 1.807) is 30.7 Å². The molecule has 0 saturated carbocycles. The van der Waals surface area contributed by atoms with Gasteiger partial charge in [-0.25, -0.2) is 9.67 Å².